The number of carbonyl (C=O) groups is 1. The summed E-state index contributed by atoms with van der Waals surface area (Å²) < 4.78 is 11.1. The van der Waals surface area contributed by atoms with Crippen LogP contribution >= 0.6 is 0 Å². The van der Waals surface area contributed by atoms with Gasteiger partial charge in [-0.3, -0.25) is 4.79 Å². The van der Waals surface area contributed by atoms with Crippen molar-refractivity contribution in [1.29, 1.82) is 0 Å². The Balaban J connectivity index is 1.34. The van der Waals surface area contributed by atoms with Crippen molar-refractivity contribution in [1.82, 2.24) is 0 Å². The molecule has 3 nitrogen and oxygen atoms in total. The van der Waals surface area contributed by atoms with Gasteiger partial charge in [0, 0.05) is 6.42 Å². The maximum atomic E-state index is 11.8. The fourth-order valence-corrected chi connectivity index (χ4v) is 3.77. The van der Waals surface area contributed by atoms with Gasteiger partial charge >= 0.3 is 5.97 Å². The average Bonchev–Trinajstić information content (AvgIpc) is 3.47. The summed E-state index contributed by atoms with van der Waals surface area (Å²) in [6.07, 6.45) is 18.2. The van der Waals surface area contributed by atoms with Crippen molar-refractivity contribution in [3.8, 4) is 0 Å². The number of rotatable bonds is 17. The highest BCUT2D eigenvalue weighted by Gasteiger charge is 2.36. The molecule has 2 rings (SSSR count). The molecule has 1 fully saturated rings. The van der Waals surface area contributed by atoms with Crippen molar-refractivity contribution in [2.75, 3.05) is 0 Å². The van der Waals surface area contributed by atoms with Gasteiger partial charge in [0.2, 0.25) is 0 Å². The number of hydrogen-bond acceptors (Lipinski definition) is 3. The van der Waals surface area contributed by atoms with E-state index in [0.29, 0.717) is 25.2 Å². The zero-order valence-electron chi connectivity index (χ0n) is 17.9. The van der Waals surface area contributed by atoms with Crippen LogP contribution in [0.2, 0.25) is 0 Å². The Morgan fingerprint density at radius 1 is 0.821 bits per heavy atom. The molecule has 3 heteroatoms. The first-order chi connectivity index (χ1) is 13.8. The van der Waals surface area contributed by atoms with Crippen LogP contribution in [-0.2, 0) is 20.9 Å². The second-order valence-electron chi connectivity index (χ2n) is 8.22. The molecule has 1 saturated heterocycles. The molecule has 0 aromatic heterocycles. The lowest BCUT2D eigenvalue weighted by molar-refractivity contribution is -0.145. The van der Waals surface area contributed by atoms with Crippen molar-refractivity contribution in [3.63, 3.8) is 0 Å². The molecule has 2 atom stereocenters. The highest BCUT2D eigenvalue weighted by molar-refractivity contribution is 5.69. The molecule has 0 amide bonds. The molecule has 1 aromatic carbocycles. The Morgan fingerprint density at radius 2 is 1.39 bits per heavy atom. The molecule has 1 heterocycles. The SMILES string of the molecule is CCCCCCCCCCCC1OC1CCCCC(=O)OCc1ccccc1. The predicted molar refractivity (Wildman–Crippen MR) is 115 cm³/mol. The van der Waals surface area contributed by atoms with E-state index in [4.69, 9.17) is 9.47 Å². The maximum Gasteiger partial charge on any atom is 0.306 e. The summed E-state index contributed by atoms with van der Waals surface area (Å²) in [5, 5.41) is 0. The van der Waals surface area contributed by atoms with E-state index in [2.05, 4.69) is 6.92 Å². The van der Waals surface area contributed by atoms with E-state index in [1.165, 1.54) is 64.2 Å². The second kappa shape index (κ2) is 14.6. The molecule has 0 saturated carbocycles. The molecule has 0 aliphatic carbocycles. The van der Waals surface area contributed by atoms with Gasteiger partial charge in [0.25, 0.3) is 0 Å². The van der Waals surface area contributed by atoms with E-state index in [1.807, 2.05) is 30.3 Å². The van der Waals surface area contributed by atoms with Crippen LogP contribution < -0.4 is 0 Å². The van der Waals surface area contributed by atoms with Crippen molar-refractivity contribution >= 4 is 5.97 Å². The lowest BCUT2D eigenvalue weighted by Crippen LogP contribution is -2.04. The zero-order valence-corrected chi connectivity index (χ0v) is 17.9. The number of epoxide rings is 1. The fraction of sp³-hybridized carbons (Fsp3) is 0.720. The summed E-state index contributed by atoms with van der Waals surface area (Å²) in [7, 11) is 0. The quantitative estimate of drug-likeness (QED) is 0.164. The zero-order chi connectivity index (χ0) is 19.9. The van der Waals surface area contributed by atoms with Crippen LogP contribution in [0.25, 0.3) is 0 Å². The van der Waals surface area contributed by atoms with Gasteiger partial charge in [-0.25, -0.2) is 0 Å². The lowest BCUT2D eigenvalue weighted by atomic mass is 10.0. The number of unbranched alkanes of at least 4 members (excludes halogenated alkanes) is 9. The van der Waals surface area contributed by atoms with Crippen molar-refractivity contribution < 1.29 is 14.3 Å². The van der Waals surface area contributed by atoms with Crippen LogP contribution in [0.15, 0.2) is 30.3 Å². The Labute approximate surface area is 172 Å². The second-order valence-corrected chi connectivity index (χ2v) is 8.22. The standard InChI is InChI=1S/C25H40O3/c1-2-3-4-5-6-7-8-9-13-18-23-24(28-23)19-14-15-20-25(26)27-21-22-16-11-10-12-17-22/h10-12,16-17,23-24H,2-9,13-15,18-21H2,1H3. The normalized spacial score (nSPS) is 18.2. The molecule has 2 unspecified atom stereocenters. The van der Waals surface area contributed by atoms with E-state index in [0.717, 1.165) is 24.8 Å². The topological polar surface area (TPSA) is 38.8 Å². The Bertz CT molecular complexity index is 514. The summed E-state index contributed by atoms with van der Waals surface area (Å²) in [6.45, 7) is 2.65. The van der Waals surface area contributed by atoms with Crippen LogP contribution in [0.5, 0.6) is 0 Å². The lowest BCUT2D eigenvalue weighted by Gasteiger charge is -2.04. The number of ether oxygens (including phenoxy) is 2. The van der Waals surface area contributed by atoms with Crippen LogP contribution in [0.1, 0.15) is 102 Å². The van der Waals surface area contributed by atoms with Gasteiger partial charge in [-0.05, 0) is 24.8 Å². The Hall–Kier alpha value is -1.35. The summed E-state index contributed by atoms with van der Waals surface area (Å²) in [5.74, 6) is -0.0909. The van der Waals surface area contributed by atoms with Crippen molar-refractivity contribution in [2.24, 2.45) is 0 Å². The monoisotopic (exact) mass is 388 g/mol. The molecule has 0 bridgehead atoms. The number of hydrogen-bond donors (Lipinski definition) is 0. The van der Waals surface area contributed by atoms with E-state index in [1.54, 1.807) is 0 Å². The number of carbonyl (C=O) groups excluding carboxylic acids is 1. The molecule has 1 aliphatic heterocycles. The first-order valence-electron chi connectivity index (χ1n) is 11.6. The highest BCUT2D eigenvalue weighted by atomic mass is 16.6. The van der Waals surface area contributed by atoms with Crippen LogP contribution in [0, 0.1) is 0 Å². The smallest absolute Gasteiger partial charge is 0.306 e. The van der Waals surface area contributed by atoms with Crippen molar-refractivity contribution in [2.45, 2.75) is 116 Å². The minimum atomic E-state index is -0.0909. The average molecular weight is 389 g/mol. The highest BCUT2D eigenvalue weighted by Crippen LogP contribution is 2.31. The van der Waals surface area contributed by atoms with Gasteiger partial charge in [0.1, 0.15) is 6.61 Å². The fourth-order valence-electron chi connectivity index (χ4n) is 3.77. The first kappa shape index (κ1) is 22.9. The third-order valence-corrected chi connectivity index (χ3v) is 5.64. The largest absolute Gasteiger partial charge is 0.461 e. The third-order valence-electron chi connectivity index (χ3n) is 5.64. The van der Waals surface area contributed by atoms with E-state index < -0.39 is 0 Å². The van der Waals surface area contributed by atoms with Gasteiger partial charge in [0.05, 0.1) is 12.2 Å². The van der Waals surface area contributed by atoms with E-state index in [9.17, 15) is 4.79 Å². The molecule has 0 radical (unpaired) electrons. The molecular weight excluding hydrogens is 348 g/mol. The Morgan fingerprint density at radius 3 is 2.04 bits per heavy atom. The van der Waals surface area contributed by atoms with Gasteiger partial charge in [-0.1, -0.05) is 101 Å². The maximum absolute atomic E-state index is 11.8. The Kier molecular flexibility index (Phi) is 12.0. The number of esters is 1. The van der Waals surface area contributed by atoms with E-state index >= 15 is 0 Å². The van der Waals surface area contributed by atoms with Crippen LogP contribution in [0.3, 0.4) is 0 Å². The van der Waals surface area contributed by atoms with E-state index in [-0.39, 0.29) is 5.97 Å². The van der Waals surface area contributed by atoms with Crippen LogP contribution in [0.4, 0.5) is 0 Å². The molecular formula is C25H40O3. The van der Waals surface area contributed by atoms with Gasteiger partial charge < -0.3 is 9.47 Å². The van der Waals surface area contributed by atoms with Gasteiger partial charge in [-0.2, -0.15) is 0 Å². The van der Waals surface area contributed by atoms with Crippen molar-refractivity contribution in [3.05, 3.63) is 35.9 Å². The van der Waals surface area contributed by atoms with Crippen LogP contribution in [-0.4, -0.2) is 18.2 Å². The molecule has 1 aliphatic rings. The minimum Gasteiger partial charge on any atom is -0.461 e. The number of benzene rings is 1. The van der Waals surface area contributed by atoms with Gasteiger partial charge in [0.15, 0.2) is 0 Å². The molecule has 0 spiro atoms. The summed E-state index contributed by atoms with van der Waals surface area (Å²) in [5.41, 5.74) is 1.04. The predicted octanol–water partition coefficient (Wildman–Crippen LogP) is 6.98. The summed E-state index contributed by atoms with van der Waals surface area (Å²) in [6, 6.07) is 9.85. The van der Waals surface area contributed by atoms with Gasteiger partial charge in [-0.15, -0.1) is 0 Å². The molecule has 0 N–H and O–H groups in total. The third kappa shape index (κ3) is 10.8. The molecule has 1 aromatic rings. The summed E-state index contributed by atoms with van der Waals surface area (Å²) >= 11 is 0. The first-order valence-corrected chi connectivity index (χ1v) is 11.6. The molecule has 158 valence electrons. The summed E-state index contributed by atoms with van der Waals surface area (Å²) in [4.78, 5) is 11.8. The minimum absolute atomic E-state index is 0.0909. The molecule has 28 heavy (non-hydrogen) atoms.